The molecule has 2 aromatic rings. The van der Waals surface area contributed by atoms with Gasteiger partial charge in [0.25, 0.3) is 0 Å². The molecule has 20 heavy (non-hydrogen) atoms. The molecule has 4 N–H and O–H groups in total. The maximum Gasteiger partial charge on any atom is 0.249 e. The lowest BCUT2D eigenvalue weighted by Crippen LogP contribution is -2.20. The number of nitrogens with two attached hydrogens (primary N) is 2. The fourth-order valence-electron chi connectivity index (χ4n) is 2.45. The van der Waals surface area contributed by atoms with Crippen molar-refractivity contribution in [2.45, 2.75) is 13.8 Å². The Morgan fingerprint density at radius 3 is 2.00 bits per heavy atom. The largest absolute Gasteiger partial charge is 0.366 e. The van der Waals surface area contributed by atoms with Gasteiger partial charge in [-0.2, -0.15) is 0 Å². The first-order valence-electron chi connectivity index (χ1n) is 6.22. The first kappa shape index (κ1) is 13.8. The summed E-state index contributed by atoms with van der Waals surface area (Å²) in [4.78, 5) is 23.2. The SMILES string of the molecule is Cc1c(C(N)=O)cc(-c2ccccc2)c(C)c1C(N)=O. The van der Waals surface area contributed by atoms with Crippen molar-refractivity contribution in [1.82, 2.24) is 0 Å². The molecule has 4 heteroatoms. The van der Waals surface area contributed by atoms with Crippen LogP contribution < -0.4 is 11.5 Å². The first-order chi connectivity index (χ1) is 9.43. The molecular weight excluding hydrogens is 252 g/mol. The molecule has 0 saturated heterocycles. The van der Waals surface area contributed by atoms with Gasteiger partial charge in [0.05, 0.1) is 0 Å². The van der Waals surface area contributed by atoms with E-state index in [4.69, 9.17) is 11.5 Å². The van der Waals surface area contributed by atoms with Gasteiger partial charge in [0, 0.05) is 11.1 Å². The van der Waals surface area contributed by atoms with E-state index in [-0.39, 0.29) is 0 Å². The Bertz CT molecular complexity index is 691. The van der Waals surface area contributed by atoms with Crippen LogP contribution in [-0.2, 0) is 0 Å². The molecule has 2 aromatic carbocycles. The number of hydrogen-bond donors (Lipinski definition) is 2. The van der Waals surface area contributed by atoms with Crippen LogP contribution in [0.15, 0.2) is 36.4 Å². The summed E-state index contributed by atoms with van der Waals surface area (Å²) >= 11 is 0. The fraction of sp³-hybridized carbons (Fsp3) is 0.125. The van der Waals surface area contributed by atoms with Crippen LogP contribution >= 0.6 is 0 Å². The first-order valence-corrected chi connectivity index (χ1v) is 6.22. The molecule has 0 aliphatic heterocycles. The van der Waals surface area contributed by atoms with Crippen molar-refractivity contribution in [2.24, 2.45) is 11.5 Å². The molecule has 0 aliphatic rings. The third-order valence-corrected chi connectivity index (χ3v) is 3.44. The molecule has 0 radical (unpaired) electrons. The van der Waals surface area contributed by atoms with Gasteiger partial charge in [-0.3, -0.25) is 9.59 Å². The zero-order valence-corrected chi connectivity index (χ0v) is 11.4. The molecule has 0 heterocycles. The molecule has 4 nitrogen and oxygen atoms in total. The van der Waals surface area contributed by atoms with Crippen LogP contribution in [0.2, 0.25) is 0 Å². The summed E-state index contributed by atoms with van der Waals surface area (Å²) in [6, 6.07) is 11.2. The van der Waals surface area contributed by atoms with E-state index in [9.17, 15) is 9.59 Å². The summed E-state index contributed by atoms with van der Waals surface area (Å²) in [5.41, 5.74) is 14.5. The predicted octanol–water partition coefficient (Wildman–Crippen LogP) is 2.17. The van der Waals surface area contributed by atoms with Crippen molar-refractivity contribution in [3.05, 3.63) is 58.7 Å². The van der Waals surface area contributed by atoms with Crippen LogP contribution in [0.1, 0.15) is 31.8 Å². The highest BCUT2D eigenvalue weighted by Gasteiger charge is 2.19. The maximum absolute atomic E-state index is 11.7. The molecule has 0 unspecified atom stereocenters. The highest BCUT2D eigenvalue weighted by molar-refractivity contribution is 6.04. The van der Waals surface area contributed by atoms with Gasteiger partial charge in [-0.05, 0) is 42.2 Å². The average Bonchev–Trinajstić information content (AvgIpc) is 2.39. The van der Waals surface area contributed by atoms with Gasteiger partial charge in [0.2, 0.25) is 11.8 Å². The molecule has 0 saturated carbocycles. The van der Waals surface area contributed by atoms with Crippen molar-refractivity contribution < 1.29 is 9.59 Å². The topological polar surface area (TPSA) is 86.2 Å². The number of hydrogen-bond acceptors (Lipinski definition) is 2. The summed E-state index contributed by atoms with van der Waals surface area (Å²) < 4.78 is 0. The number of carbonyl (C=O) groups is 2. The van der Waals surface area contributed by atoms with E-state index >= 15 is 0 Å². The molecular formula is C16H16N2O2. The Morgan fingerprint density at radius 2 is 1.50 bits per heavy atom. The van der Waals surface area contributed by atoms with E-state index in [1.807, 2.05) is 37.3 Å². The molecule has 0 bridgehead atoms. The second-order valence-corrected chi connectivity index (χ2v) is 4.69. The summed E-state index contributed by atoms with van der Waals surface area (Å²) in [6.07, 6.45) is 0. The smallest absolute Gasteiger partial charge is 0.249 e. The normalized spacial score (nSPS) is 10.3. The minimum Gasteiger partial charge on any atom is -0.366 e. The van der Waals surface area contributed by atoms with Crippen LogP contribution in [0.5, 0.6) is 0 Å². The van der Waals surface area contributed by atoms with Crippen LogP contribution in [0, 0.1) is 13.8 Å². The second-order valence-electron chi connectivity index (χ2n) is 4.69. The minimum atomic E-state index is -0.567. The number of primary amides is 2. The molecule has 0 aromatic heterocycles. The molecule has 0 atom stereocenters. The third kappa shape index (κ3) is 2.28. The predicted molar refractivity (Wildman–Crippen MR) is 78.4 cm³/mol. The van der Waals surface area contributed by atoms with Gasteiger partial charge in [0.1, 0.15) is 0 Å². The standard InChI is InChI=1S/C16H16N2O2/c1-9-12(11-6-4-3-5-7-11)8-13(15(17)19)10(2)14(9)16(18)20/h3-8H,1-2H3,(H2,17,19)(H2,18,20). The van der Waals surface area contributed by atoms with Crippen LogP contribution in [0.4, 0.5) is 0 Å². The van der Waals surface area contributed by atoms with Gasteiger partial charge >= 0.3 is 0 Å². The Morgan fingerprint density at radius 1 is 0.900 bits per heavy atom. The van der Waals surface area contributed by atoms with E-state index < -0.39 is 11.8 Å². The Kier molecular flexibility index (Phi) is 3.57. The van der Waals surface area contributed by atoms with Gasteiger partial charge < -0.3 is 11.5 Å². The van der Waals surface area contributed by atoms with Gasteiger partial charge in [-0.15, -0.1) is 0 Å². The van der Waals surface area contributed by atoms with Gasteiger partial charge in [-0.1, -0.05) is 30.3 Å². The summed E-state index contributed by atoms with van der Waals surface area (Å²) in [5.74, 6) is -1.12. The van der Waals surface area contributed by atoms with E-state index in [0.717, 1.165) is 16.7 Å². The fourth-order valence-corrected chi connectivity index (χ4v) is 2.45. The number of amides is 2. The van der Waals surface area contributed by atoms with Crippen molar-refractivity contribution >= 4 is 11.8 Å². The minimum absolute atomic E-state index is 0.322. The van der Waals surface area contributed by atoms with E-state index in [1.165, 1.54) is 0 Å². The Balaban J connectivity index is 2.83. The monoisotopic (exact) mass is 268 g/mol. The molecule has 2 rings (SSSR count). The van der Waals surface area contributed by atoms with Crippen LogP contribution in [0.3, 0.4) is 0 Å². The molecule has 0 fully saturated rings. The highest BCUT2D eigenvalue weighted by atomic mass is 16.1. The summed E-state index contributed by atoms with van der Waals surface area (Å²) in [6.45, 7) is 3.50. The summed E-state index contributed by atoms with van der Waals surface area (Å²) in [5, 5.41) is 0. The average molecular weight is 268 g/mol. The van der Waals surface area contributed by atoms with Crippen molar-refractivity contribution in [3.63, 3.8) is 0 Å². The Labute approximate surface area is 117 Å². The quantitative estimate of drug-likeness (QED) is 0.893. The number of rotatable bonds is 3. The van der Waals surface area contributed by atoms with E-state index in [2.05, 4.69) is 0 Å². The van der Waals surface area contributed by atoms with Crippen LogP contribution in [-0.4, -0.2) is 11.8 Å². The zero-order valence-electron chi connectivity index (χ0n) is 11.4. The van der Waals surface area contributed by atoms with Crippen molar-refractivity contribution in [3.8, 4) is 11.1 Å². The van der Waals surface area contributed by atoms with Crippen molar-refractivity contribution in [1.29, 1.82) is 0 Å². The van der Waals surface area contributed by atoms with E-state index in [0.29, 0.717) is 16.7 Å². The lowest BCUT2D eigenvalue weighted by atomic mass is 9.89. The van der Waals surface area contributed by atoms with Crippen molar-refractivity contribution in [2.75, 3.05) is 0 Å². The molecule has 2 amide bonds. The van der Waals surface area contributed by atoms with Crippen LogP contribution in [0.25, 0.3) is 11.1 Å². The zero-order chi connectivity index (χ0) is 14.9. The molecule has 0 spiro atoms. The summed E-state index contributed by atoms with van der Waals surface area (Å²) in [7, 11) is 0. The van der Waals surface area contributed by atoms with E-state index in [1.54, 1.807) is 13.0 Å². The lowest BCUT2D eigenvalue weighted by Gasteiger charge is -2.15. The molecule has 0 aliphatic carbocycles. The highest BCUT2D eigenvalue weighted by Crippen LogP contribution is 2.30. The van der Waals surface area contributed by atoms with Gasteiger partial charge in [-0.25, -0.2) is 0 Å². The van der Waals surface area contributed by atoms with Gasteiger partial charge in [0.15, 0.2) is 0 Å². The number of carbonyl (C=O) groups excluding carboxylic acids is 2. The third-order valence-electron chi connectivity index (χ3n) is 3.44. The second kappa shape index (κ2) is 5.17. The molecule has 102 valence electrons. The number of benzene rings is 2. The lowest BCUT2D eigenvalue weighted by molar-refractivity contribution is 0.0998. The Hall–Kier alpha value is -2.62. The maximum atomic E-state index is 11.7.